The molecule has 0 aliphatic carbocycles. The van der Waals surface area contributed by atoms with Crippen molar-refractivity contribution in [3.05, 3.63) is 41.3 Å². The Hall–Kier alpha value is -2.10. The number of hydrogen-bond donors (Lipinski definition) is 0. The highest BCUT2D eigenvalue weighted by atomic mass is 32.2. The minimum atomic E-state index is -3.54. The first-order valence-corrected chi connectivity index (χ1v) is 11.7. The van der Waals surface area contributed by atoms with Crippen LogP contribution in [0.5, 0.6) is 11.5 Å². The number of nitrogens with zero attached hydrogens (tertiary/aromatic N) is 2. The maximum atomic E-state index is 13.0. The molecular weight excluding hydrogens is 412 g/mol. The SMILES string of the molecule is COc1ccc(CN(C)C(=O)[C@H]2CCCN(S(=O)(=O)c3cccs3)C2)cc1OC. The summed E-state index contributed by atoms with van der Waals surface area (Å²) in [6.45, 7) is 1.08. The number of ether oxygens (including phenoxy) is 2. The number of benzene rings is 1. The van der Waals surface area contributed by atoms with Gasteiger partial charge in [0.25, 0.3) is 10.0 Å². The molecule has 1 aromatic heterocycles. The van der Waals surface area contributed by atoms with Crippen molar-refractivity contribution in [2.75, 3.05) is 34.4 Å². The highest BCUT2D eigenvalue weighted by Crippen LogP contribution is 2.29. The van der Waals surface area contributed by atoms with E-state index in [-0.39, 0.29) is 18.4 Å². The highest BCUT2D eigenvalue weighted by Gasteiger charge is 2.34. The Labute approximate surface area is 175 Å². The molecule has 0 unspecified atom stereocenters. The zero-order valence-electron chi connectivity index (χ0n) is 16.8. The molecule has 1 amide bonds. The number of thiophene rings is 1. The molecule has 1 fully saturated rings. The molecule has 29 heavy (non-hydrogen) atoms. The Balaban J connectivity index is 1.68. The van der Waals surface area contributed by atoms with Crippen molar-refractivity contribution in [3.8, 4) is 11.5 Å². The van der Waals surface area contributed by atoms with Gasteiger partial charge in [-0.15, -0.1) is 11.3 Å². The minimum absolute atomic E-state index is 0.0501. The minimum Gasteiger partial charge on any atom is -0.493 e. The van der Waals surface area contributed by atoms with E-state index in [0.717, 1.165) is 5.56 Å². The van der Waals surface area contributed by atoms with Crippen LogP contribution in [0.1, 0.15) is 18.4 Å². The third-order valence-corrected chi connectivity index (χ3v) is 8.30. The van der Waals surface area contributed by atoms with E-state index in [1.807, 2.05) is 18.2 Å². The van der Waals surface area contributed by atoms with E-state index in [9.17, 15) is 13.2 Å². The molecule has 1 aliphatic heterocycles. The van der Waals surface area contributed by atoms with Gasteiger partial charge in [0, 0.05) is 26.7 Å². The smallest absolute Gasteiger partial charge is 0.252 e. The number of piperidine rings is 1. The number of hydrogen-bond acceptors (Lipinski definition) is 6. The Morgan fingerprint density at radius 3 is 2.66 bits per heavy atom. The van der Waals surface area contributed by atoms with Crippen LogP contribution in [0, 0.1) is 5.92 Å². The molecule has 9 heteroatoms. The number of sulfonamides is 1. The number of carbonyl (C=O) groups excluding carboxylic acids is 1. The van der Waals surface area contributed by atoms with Gasteiger partial charge < -0.3 is 14.4 Å². The first kappa shape index (κ1) is 21.6. The molecule has 1 aliphatic rings. The lowest BCUT2D eigenvalue weighted by Crippen LogP contribution is -2.45. The van der Waals surface area contributed by atoms with Crippen LogP contribution < -0.4 is 9.47 Å². The molecular formula is C20H26N2O5S2. The van der Waals surface area contributed by atoms with Gasteiger partial charge in [0.15, 0.2) is 11.5 Å². The molecule has 3 rings (SSSR count). The van der Waals surface area contributed by atoms with Crippen LogP contribution in [0.2, 0.25) is 0 Å². The largest absolute Gasteiger partial charge is 0.493 e. The zero-order valence-corrected chi connectivity index (χ0v) is 18.5. The fourth-order valence-electron chi connectivity index (χ4n) is 3.54. The van der Waals surface area contributed by atoms with E-state index in [0.29, 0.717) is 41.6 Å². The Morgan fingerprint density at radius 1 is 1.24 bits per heavy atom. The summed E-state index contributed by atoms with van der Waals surface area (Å²) in [5.41, 5.74) is 0.914. The third kappa shape index (κ3) is 4.73. The predicted molar refractivity (Wildman–Crippen MR) is 112 cm³/mol. The zero-order chi connectivity index (χ0) is 21.0. The van der Waals surface area contributed by atoms with Crippen molar-refractivity contribution in [1.82, 2.24) is 9.21 Å². The fourth-order valence-corrected chi connectivity index (χ4v) is 6.21. The van der Waals surface area contributed by atoms with Gasteiger partial charge in [-0.2, -0.15) is 4.31 Å². The molecule has 1 saturated heterocycles. The van der Waals surface area contributed by atoms with E-state index in [1.165, 1.54) is 15.6 Å². The second-order valence-electron chi connectivity index (χ2n) is 7.02. The van der Waals surface area contributed by atoms with Crippen molar-refractivity contribution >= 4 is 27.3 Å². The summed E-state index contributed by atoms with van der Waals surface area (Å²) >= 11 is 1.20. The first-order chi connectivity index (χ1) is 13.9. The molecule has 158 valence electrons. The van der Waals surface area contributed by atoms with Crippen LogP contribution in [0.3, 0.4) is 0 Å². The fraction of sp³-hybridized carbons (Fsp3) is 0.450. The molecule has 2 aromatic rings. The summed E-state index contributed by atoms with van der Waals surface area (Å²) < 4.78 is 37.9. The van der Waals surface area contributed by atoms with Gasteiger partial charge in [-0.25, -0.2) is 8.42 Å². The molecule has 1 atom stereocenters. The summed E-state index contributed by atoms with van der Waals surface area (Å²) in [5.74, 6) is 0.846. The van der Waals surface area contributed by atoms with Gasteiger partial charge in [0.1, 0.15) is 4.21 Å². The maximum Gasteiger partial charge on any atom is 0.252 e. The van der Waals surface area contributed by atoms with Gasteiger partial charge in [0.05, 0.1) is 20.1 Å². The van der Waals surface area contributed by atoms with E-state index in [1.54, 1.807) is 43.7 Å². The van der Waals surface area contributed by atoms with Crippen LogP contribution in [0.15, 0.2) is 39.9 Å². The first-order valence-electron chi connectivity index (χ1n) is 9.36. The Bertz CT molecular complexity index is 944. The molecule has 7 nitrogen and oxygen atoms in total. The van der Waals surface area contributed by atoms with Crippen LogP contribution in [-0.2, 0) is 21.4 Å². The topological polar surface area (TPSA) is 76.2 Å². The van der Waals surface area contributed by atoms with Gasteiger partial charge in [-0.1, -0.05) is 12.1 Å². The Morgan fingerprint density at radius 2 is 2.00 bits per heavy atom. The molecule has 1 aromatic carbocycles. The standard InChI is InChI=1S/C20H26N2O5S2/c1-21(13-15-8-9-17(26-2)18(12-15)27-3)20(23)16-6-4-10-22(14-16)29(24,25)19-7-5-11-28-19/h5,7-9,11-12,16H,4,6,10,13-14H2,1-3H3/t16-/m0/s1. The number of rotatable bonds is 7. The maximum absolute atomic E-state index is 13.0. The normalized spacial score (nSPS) is 17.7. The lowest BCUT2D eigenvalue weighted by Gasteiger charge is -2.33. The van der Waals surface area contributed by atoms with Crippen molar-refractivity contribution in [2.24, 2.45) is 5.92 Å². The number of amides is 1. The summed E-state index contributed by atoms with van der Waals surface area (Å²) in [4.78, 5) is 14.6. The molecule has 0 saturated carbocycles. The van der Waals surface area contributed by atoms with Crippen molar-refractivity contribution in [3.63, 3.8) is 0 Å². The predicted octanol–water partition coefficient (Wildman–Crippen LogP) is 2.82. The van der Waals surface area contributed by atoms with Crippen molar-refractivity contribution in [1.29, 1.82) is 0 Å². The summed E-state index contributed by atoms with van der Waals surface area (Å²) in [6, 6.07) is 8.87. The third-order valence-electron chi connectivity index (χ3n) is 5.07. The monoisotopic (exact) mass is 438 g/mol. The van der Waals surface area contributed by atoms with Crippen LogP contribution >= 0.6 is 11.3 Å². The quantitative estimate of drug-likeness (QED) is 0.664. The van der Waals surface area contributed by atoms with E-state index in [2.05, 4.69) is 0 Å². The lowest BCUT2D eigenvalue weighted by molar-refractivity contribution is -0.135. The summed E-state index contributed by atoms with van der Waals surface area (Å²) in [7, 11) is 1.35. The number of carbonyl (C=O) groups is 1. The molecule has 0 bridgehead atoms. The second kappa shape index (κ2) is 9.15. The number of methoxy groups -OCH3 is 2. The Kier molecular flexibility index (Phi) is 6.81. The molecule has 0 N–H and O–H groups in total. The van der Waals surface area contributed by atoms with Crippen molar-refractivity contribution < 1.29 is 22.7 Å². The average molecular weight is 439 g/mol. The average Bonchev–Trinajstić information content (AvgIpc) is 3.29. The van der Waals surface area contributed by atoms with Gasteiger partial charge >= 0.3 is 0 Å². The summed E-state index contributed by atoms with van der Waals surface area (Å²) in [5, 5.41) is 1.75. The van der Waals surface area contributed by atoms with Gasteiger partial charge in [-0.3, -0.25) is 4.79 Å². The highest BCUT2D eigenvalue weighted by molar-refractivity contribution is 7.91. The molecule has 0 radical (unpaired) electrons. The van der Waals surface area contributed by atoms with E-state index in [4.69, 9.17) is 9.47 Å². The van der Waals surface area contributed by atoms with Crippen LogP contribution in [0.4, 0.5) is 0 Å². The van der Waals surface area contributed by atoms with Gasteiger partial charge in [-0.05, 0) is 42.0 Å². The lowest BCUT2D eigenvalue weighted by atomic mass is 9.98. The van der Waals surface area contributed by atoms with Crippen LogP contribution in [-0.4, -0.2) is 57.9 Å². The molecule has 0 spiro atoms. The van der Waals surface area contributed by atoms with Crippen molar-refractivity contribution in [2.45, 2.75) is 23.6 Å². The second-order valence-corrected chi connectivity index (χ2v) is 10.1. The van der Waals surface area contributed by atoms with Gasteiger partial charge in [0.2, 0.25) is 5.91 Å². The van der Waals surface area contributed by atoms with E-state index >= 15 is 0 Å². The van der Waals surface area contributed by atoms with Crippen LogP contribution in [0.25, 0.3) is 0 Å². The summed E-state index contributed by atoms with van der Waals surface area (Å²) in [6.07, 6.45) is 1.36. The van der Waals surface area contributed by atoms with E-state index < -0.39 is 10.0 Å². The molecule has 2 heterocycles.